The number of hydrogen-bond donors (Lipinski definition) is 0. The van der Waals surface area contributed by atoms with E-state index < -0.39 is 0 Å². The highest BCUT2D eigenvalue weighted by Crippen LogP contribution is 2.38. The molecule has 0 bridgehead atoms. The maximum atomic E-state index is 9.42. The first kappa shape index (κ1) is 12.9. The van der Waals surface area contributed by atoms with Gasteiger partial charge in [-0.1, -0.05) is 37.3 Å². The minimum absolute atomic E-state index is 0.0999. The molecule has 3 heteroatoms. The Balaban J connectivity index is 1.98. The minimum atomic E-state index is 0.0999. The Kier molecular flexibility index (Phi) is 3.56. The van der Waals surface area contributed by atoms with E-state index in [0.29, 0.717) is 5.92 Å². The van der Waals surface area contributed by atoms with Crippen LogP contribution < -0.4 is 0 Å². The van der Waals surface area contributed by atoms with Crippen molar-refractivity contribution in [1.29, 1.82) is 5.26 Å². The summed E-state index contributed by atoms with van der Waals surface area (Å²) in [4.78, 5) is 4.51. The molecule has 1 aliphatic carbocycles. The topological polar surface area (TPSA) is 41.6 Å². The molecule has 1 saturated carbocycles. The van der Waals surface area contributed by atoms with Gasteiger partial charge in [-0.15, -0.1) is 0 Å². The van der Waals surface area contributed by atoms with Crippen molar-refractivity contribution in [3.05, 3.63) is 42.7 Å². The van der Waals surface area contributed by atoms with E-state index in [-0.39, 0.29) is 12.0 Å². The van der Waals surface area contributed by atoms with Crippen LogP contribution in [0, 0.1) is 23.2 Å². The number of imidazole rings is 1. The van der Waals surface area contributed by atoms with Crippen LogP contribution in [0.15, 0.2) is 42.7 Å². The normalized spacial score (nSPS) is 26.1. The summed E-state index contributed by atoms with van der Waals surface area (Å²) in [5, 5.41) is 9.42. The molecular weight excluding hydrogens is 246 g/mol. The molecule has 0 amide bonds. The molecule has 3 rings (SSSR count). The highest BCUT2D eigenvalue weighted by molar-refractivity contribution is 5.55. The van der Waals surface area contributed by atoms with Gasteiger partial charge in [0, 0.05) is 18.0 Å². The number of nitrogens with zero attached hydrogens (tertiary/aromatic N) is 3. The van der Waals surface area contributed by atoms with Crippen LogP contribution in [0.2, 0.25) is 0 Å². The Labute approximate surface area is 119 Å². The first-order valence-electron chi connectivity index (χ1n) is 7.27. The Morgan fingerprint density at radius 2 is 2.05 bits per heavy atom. The third-order valence-electron chi connectivity index (χ3n) is 4.30. The molecule has 1 fully saturated rings. The highest BCUT2D eigenvalue weighted by Gasteiger charge is 2.31. The van der Waals surface area contributed by atoms with Crippen LogP contribution in [0.1, 0.15) is 32.2 Å². The second-order valence-electron chi connectivity index (χ2n) is 5.75. The van der Waals surface area contributed by atoms with Gasteiger partial charge in [0.25, 0.3) is 0 Å². The molecule has 0 radical (unpaired) electrons. The zero-order chi connectivity index (χ0) is 13.9. The summed E-state index contributed by atoms with van der Waals surface area (Å²) in [6.07, 6.45) is 7.08. The molecular formula is C17H19N3. The van der Waals surface area contributed by atoms with E-state index in [4.69, 9.17) is 0 Å². The van der Waals surface area contributed by atoms with Gasteiger partial charge in [0.1, 0.15) is 5.82 Å². The summed E-state index contributed by atoms with van der Waals surface area (Å²) in [6.45, 7) is 2.28. The molecule has 3 unspecified atom stereocenters. The number of benzene rings is 1. The monoisotopic (exact) mass is 265 g/mol. The second kappa shape index (κ2) is 5.50. The zero-order valence-corrected chi connectivity index (χ0v) is 11.7. The lowest BCUT2D eigenvalue weighted by atomic mass is 9.79. The van der Waals surface area contributed by atoms with Crippen LogP contribution in [0.25, 0.3) is 11.4 Å². The Bertz CT molecular complexity index is 609. The molecule has 20 heavy (non-hydrogen) atoms. The molecule has 1 heterocycles. The fraction of sp³-hybridized carbons (Fsp3) is 0.412. The second-order valence-corrected chi connectivity index (χ2v) is 5.75. The Morgan fingerprint density at radius 3 is 2.80 bits per heavy atom. The van der Waals surface area contributed by atoms with Crippen LogP contribution >= 0.6 is 0 Å². The van der Waals surface area contributed by atoms with Crippen molar-refractivity contribution in [1.82, 2.24) is 9.55 Å². The van der Waals surface area contributed by atoms with E-state index in [9.17, 15) is 5.26 Å². The largest absolute Gasteiger partial charge is 0.327 e. The summed E-state index contributed by atoms with van der Waals surface area (Å²) in [7, 11) is 0. The summed E-state index contributed by atoms with van der Waals surface area (Å²) in [6, 6.07) is 13.0. The van der Waals surface area contributed by atoms with Gasteiger partial charge in [0.15, 0.2) is 0 Å². The molecule has 1 aliphatic rings. The number of hydrogen-bond acceptors (Lipinski definition) is 2. The summed E-state index contributed by atoms with van der Waals surface area (Å²) >= 11 is 0. The summed E-state index contributed by atoms with van der Waals surface area (Å²) in [5.41, 5.74) is 1.12. The number of nitriles is 1. The summed E-state index contributed by atoms with van der Waals surface area (Å²) in [5.74, 6) is 1.75. The van der Waals surface area contributed by atoms with E-state index in [1.165, 1.54) is 0 Å². The van der Waals surface area contributed by atoms with Gasteiger partial charge in [-0.2, -0.15) is 5.26 Å². The molecule has 102 valence electrons. The van der Waals surface area contributed by atoms with E-state index in [2.05, 4.69) is 34.7 Å². The van der Waals surface area contributed by atoms with Gasteiger partial charge in [0.05, 0.1) is 18.0 Å². The lowest BCUT2D eigenvalue weighted by Gasteiger charge is -2.32. The third kappa shape index (κ3) is 2.34. The first-order valence-corrected chi connectivity index (χ1v) is 7.27. The third-order valence-corrected chi connectivity index (χ3v) is 4.30. The quantitative estimate of drug-likeness (QED) is 0.822. The summed E-state index contributed by atoms with van der Waals surface area (Å²) < 4.78 is 2.21. The lowest BCUT2D eigenvalue weighted by Crippen LogP contribution is -2.26. The number of rotatable bonds is 2. The maximum Gasteiger partial charge on any atom is 0.140 e. The van der Waals surface area contributed by atoms with Crippen LogP contribution in [0.4, 0.5) is 0 Å². The van der Waals surface area contributed by atoms with Gasteiger partial charge in [-0.25, -0.2) is 4.98 Å². The van der Waals surface area contributed by atoms with E-state index in [1.807, 2.05) is 30.6 Å². The van der Waals surface area contributed by atoms with Crippen molar-refractivity contribution in [2.45, 2.75) is 32.2 Å². The fourth-order valence-electron chi connectivity index (χ4n) is 3.20. The minimum Gasteiger partial charge on any atom is -0.327 e. The van der Waals surface area contributed by atoms with Gasteiger partial charge in [-0.05, 0) is 25.2 Å². The predicted octanol–water partition coefficient (Wildman–Crippen LogP) is 4.05. The lowest BCUT2D eigenvalue weighted by molar-refractivity contribution is 0.234. The van der Waals surface area contributed by atoms with Crippen molar-refractivity contribution in [2.24, 2.45) is 11.8 Å². The van der Waals surface area contributed by atoms with Crippen LogP contribution in [0.3, 0.4) is 0 Å². The molecule has 2 aromatic rings. The van der Waals surface area contributed by atoms with Crippen LogP contribution in [0.5, 0.6) is 0 Å². The molecule has 0 N–H and O–H groups in total. The predicted molar refractivity (Wildman–Crippen MR) is 78.8 cm³/mol. The van der Waals surface area contributed by atoms with E-state index >= 15 is 0 Å². The SMILES string of the molecule is CC1CCC(C#N)C(n2ccnc2-c2ccccc2)C1. The average Bonchev–Trinajstić information content (AvgIpc) is 2.97. The molecule has 3 atom stereocenters. The molecule has 0 spiro atoms. The smallest absolute Gasteiger partial charge is 0.140 e. The molecule has 3 nitrogen and oxygen atoms in total. The van der Waals surface area contributed by atoms with Gasteiger partial charge in [0.2, 0.25) is 0 Å². The zero-order valence-electron chi connectivity index (χ0n) is 11.7. The number of aromatic nitrogens is 2. The Morgan fingerprint density at radius 1 is 1.25 bits per heavy atom. The molecule has 0 aliphatic heterocycles. The Hall–Kier alpha value is -2.08. The van der Waals surface area contributed by atoms with E-state index in [0.717, 1.165) is 30.7 Å². The first-order chi connectivity index (χ1) is 9.79. The molecule has 1 aromatic carbocycles. The standard InChI is InChI=1S/C17H19N3/c1-13-7-8-15(12-18)16(11-13)20-10-9-19-17(20)14-5-3-2-4-6-14/h2-6,9-10,13,15-16H,7-8,11H2,1H3. The van der Waals surface area contributed by atoms with Gasteiger partial charge >= 0.3 is 0 Å². The molecule has 1 aromatic heterocycles. The highest BCUT2D eigenvalue weighted by atomic mass is 15.1. The van der Waals surface area contributed by atoms with Crippen molar-refractivity contribution < 1.29 is 0 Å². The van der Waals surface area contributed by atoms with Crippen molar-refractivity contribution in [2.75, 3.05) is 0 Å². The maximum absolute atomic E-state index is 9.42. The van der Waals surface area contributed by atoms with Crippen molar-refractivity contribution >= 4 is 0 Å². The van der Waals surface area contributed by atoms with Crippen LogP contribution in [-0.2, 0) is 0 Å². The van der Waals surface area contributed by atoms with E-state index in [1.54, 1.807) is 0 Å². The van der Waals surface area contributed by atoms with Crippen molar-refractivity contribution in [3.8, 4) is 17.5 Å². The van der Waals surface area contributed by atoms with Crippen molar-refractivity contribution in [3.63, 3.8) is 0 Å². The average molecular weight is 265 g/mol. The molecule has 0 saturated heterocycles. The fourth-order valence-corrected chi connectivity index (χ4v) is 3.20. The van der Waals surface area contributed by atoms with Crippen LogP contribution in [-0.4, -0.2) is 9.55 Å². The van der Waals surface area contributed by atoms with Gasteiger partial charge < -0.3 is 4.57 Å². The van der Waals surface area contributed by atoms with Gasteiger partial charge in [-0.3, -0.25) is 0 Å².